The lowest BCUT2D eigenvalue weighted by molar-refractivity contribution is -0.145. The van der Waals surface area contributed by atoms with Gasteiger partial charge in [-0.3, -0.25) is 14.5 Å². The van der Waals surface area contributed by atoms with Gasteiger partial charge in [-0.25, -0.2) is 4.39 Å². The molecule has 2 fully saturated rings. The van der Waals surface area contributed by atoms with Gasteiger partial charge < -0.3 is 10.0 Å². The van der Waals surface area contributed by atoms with Crippen LogP contribution in [0.2, 0.25) is 0 Å². The van der Waals surface area contributed by atoms with Crippen molar-refractivity contribution in [2.24, 2.45) is 5.92 Å². The summed E-state index contributed by atoms with van der Waals surface area (Å²) in [6.07, 6.45) is 5.43. The first-order chi connectivity index (χ1) is 12.5. The zero-order valence-electron chi connectivity index (χ0n) is 15.3. The molecule has 1 amide bonds. The summed E-state index contributed by atoms with van der Waals surface area (Å²) in [5.41, 5.74) is 1.03. The van der Waals surface area contributed by atoms with E-state index in [1.54, 1.807) is 19.1 Å². The van der Waals surface area contributed by atoms with Gasteiger partial charge in [0.2, 0.25) is 5.91 Å². The number of rotatable bonds is 4. The number of carboxylic acids is 1. The molecule has 1 unspecified atom stereocenters. The van der Waals surface area contributed by atoms with E-state index in [4.69, 9.17) is 0 Å². The van der Waals surface area contributed by atoms with E-state index >= 15 is 0 Å². The molecule has 6 heteroatoms. The minimum absolute atomic E-state index is 0.144. The number of nitrogens with zero attached hydrogens (tertiary/aromatic N) is 2. The van der Waals surface area contributed by atoms with Gasteiger partial charge in [0.1, 0.15) is 11.9 Å². The van der Waals surface area contributed by atoms with Crippen LogP contribution >= 0.6 is 0 Å². The Kier molecular flexibility index (Phi) is 5.91. The Morgan fingerprint density at radius 1 is 1.12 bits per heavy atom. The number of piperazine rings is 1. The van der Waals surface area contributed by atoms with Crippen LogP contribution in [-0.4, -0.2) is 53.0 Å². The second-order valence-electron chi connectivity index (χ2n) is 7.45. The Labute approximate surface area is 153 Å². The highest BCUT2D eigenvalue weighted by atomic mass is 19.1. The largest absolute Gasteiger partial charge is 0.480 e. The summed E-state index contributed by atoms with van der Waals surface area (Å²) in [5.74, 6) is -0.900. The molecule has 1 aliphatic carbocycles. The molecule has 0 aromatic heterocycles. The van der Waals surface area contributed by atoms with E-state index in [-0.39, 0.29) is 17.6 Å². The van der Waals surface area contributed by atoms with Gasteiger partial charge in [-0.1, -0.05) is 31.4 Å². The molecule has 1 aromatic rings. The lowest BCUT2D eigenvalue weighted by Crippen LogP contribution is -2.52. The summed E-state index contributed by atoms with van der Waals surface area (Å²) in [6.45, 7) is 3.79. The van der Waals surface area contributed by atoms with Crippen LogP contribution < -0.4 is 0 Å². The molecule has 3 rings (SSSR count). The van der Waals surface area contributed by atoms with Crippen molar-refractivity contribution in [3.8, 4) is 0 Å². The first kappa shape index (κ1) is 18.8. The molecule has 1 aromatic carbocycles. The lowest BCUT2D eigenvalue weighted by Gasteiger charge is -2.39. The van der Waals surface area contributed by atoms with Crippen molar-refractivity contribution in [3.63, 3.8) is 0 Å². The van der Waals surface area contributed by atoms with Crippen LogP contribution in [0.25, 0.3) is 0 Å². The van der Waals surface area contributed by atoms with Crippen LogP contribution in [0, 0.1) is 18.7 Å². The third-order valence-corrected chi connectivity index (χ3v) is 5.68. The van der Waals surface area contributed by atoms with E-state index in [1.807, 2.05) is 9.80 Å². The van der Waals surface area contributed by atoms with Crippen molar-refractivity contribution in [1.82, 2.24) is 9.80 Å². The number of hydrogen-bond acceptors (Lipinski definition) is 3. The standard InChI is InChI=1S/C20H27FN2O3/c1-14-13-16(7-8-17(14)21)18(20(25)26)22-9-11-23(12-10-22)19(24)15-5-3-2-4-6-15/h7-8,13,15,18H,2-6,9-12H2,1H3,(H,25,26). The number of amides is 1. The fourth-order valence-electron chi connectivity index (χ4n) is 4.16. The molecule has 26 heavy (non-hydrogen) atoms. The van der Waals surface area contributed by atoms with Gasteiger partial charge in [-0.15, -0.1) is 0 Å². The number of aryl methyl sites for hydroxylation is 1. The SMILES string of the molecule is Cc1cc(C(C(=O)O)N2CCN(C(=O)C3CCCCC3)CC2)ccc1F. The molecule has 1 saturated carbocycles. The van der Waals surface area contributed by atoms with Gasteiger partial charge in [0, 0.05) is 32.1 Å². The third-order valence-electron chi connectivity index (χ3n) is 5.68. The maximum Gasteiger partial charge on any atom is 0.325 e. The van der Waals surface area contributed by atoms with E-state index in [2.05, 4.69) is 0 Å². The Morgan fingerprint density at radius 2 is 1.77 bits per heavy atom. The van der Waals surface area contributed by atoms with Crippen LogP contribution in [0.5, 0.6) is 0 Å². The van der Waals surface area contributed by atoms with Gasteiger partial charge in [-0.2, -0.15) is 0 Å². The first-order valence-corrected chi connectivity index (χ1v) is 9.49. The normalized spacial score (nSPS) is 20.8. The molecule has 1 saturated heterocycles. The molecular formula is C20H27FN2O3. The van der Waals surface area contributed by atoms with E-state index < -0.39 is 12.0 Å². The number of aliphatic carboxylic acids is 1. The molecule has 142 valence electrons. The zero-order chi connectivity index (χ0) is 18.7. The summed E-state index contributed by atoms with van der Waals surface area (Å²) in [5, 5.41) is 9.70. The zero-order valence-corrected chi connectivity index (χ0v) is 15.3. The van der Waals surface area contributed by atoms with Crippen molar-refractivity contribution in [1.29, 1.82) is 0 Å². The summed E-state index contributed by atoms with van der Waals surface area (Å²) in [4.78, 5) is 28.3. The Morgan fingerprint density at radius 3 is 2.35 bits per heavy atom. The number of carboxylic acid groups (broad SMARTS) is 1. The molecule has 2 aliphatic rings. The van der Waals surface area contributed by atoms with Crippen molar-refractivity contribution < 1.29 is 19.1 Å². The summed E-state index contributed by atoms with van der Waals surface area (Å²) in [7, 11) is 0. The van der Waals surface area contributed by atoms with Crippen molar-refractivity contribution >= 4 is 11.9 Å². The predicted molar refractivity (Wildman–Crippen MR) is 96.2 cm³/mol. The quantitative estimate of drug-likeness (QED) is 0.895. The Balaban J connectivity index is 1.65. The molecule has 1 N–H and O–H groups in total. The highest BCUT2D eigenvalue weighted by molar-refractivity contribution is 5.79. The fourth-order valence-corrected chi connectivity index (χ4v) is 4.16. The highest BCUT2D eigenvalue weighted by Crippen LogP contribution is 2.28. The van der Waals surface area contributed by atoms with Crippen LogP contribution in [0.3, 0.4) is 0 Å². The average molecular weight is 362 g/mol. The minimum atomic E-state index is -0.942. The Hall–Kier alpha value is -1.95. The number of halogens is 1. The monoisotopic (exact) mass is 362 g/mol. The highest BCUT2D eigenvalue weighted by Gasteiger charge is 2.33. The van der Waals surface area contributed by atoms with Crippen molar-refractivity contribution in [3.05, 3.63) is 35.1 Å². The predicted octanol–water partition coefficient (Wildman–Crippen LogP) is 2.98. The van der Waals surface area contributed by atoms with Crippen LogP contribution in [0.1, 0.15) is 49.3 Å². The molecular weight excluding hydrogens is 335 g/mol. The van der Waals surface area contributed by atoms with Crippen molar-refractivity contribution in [2.45, 2.75) is 45.1 Å². The maximum atomic E-state index is 13.5. The molecule has 5 nitrogen and oxygen atoms in total. The summed E-state index contributed by atoms with van der Waals surface area (Å²) in [6, 6.07) is 3.67. The van der Waals surface area contributed by atoms with Gasteiger partial charge in [0.15, 0.2) is 0 Å². The van der Waals surface area contributed by atoms with Crippen LogP contribution in [0.4, 0.5) is 4.39 Å². The summed E-state index contributed by atoms with van der Waals surface area (Å²) >= 11 is 0. The lowest BCUT2D eigenvalue weighted by atomic mass is 9.88. The molecule has 1 heterocycles. The van der Waals surface area contributed by atoms with Crippen molar-refractivity contribution in [2.75, 3.05) is 26.2 Å². The summed E-state index contributed by atoms with van der Waals surface area (Å²) < 4.78 is 13.5. The van der Waals surface area contributed by atoms with Gasteiger partial charge in [0.05, 0.1) is 0 Å². The number of hydrogen-bond donors (Lipinski definition) is 1. The Bertz CT molecular complexity index is 665. The van der Waals surface area contributed by atoms with Crippen LogP contribution in [-0.2, 0) is 9.59 Å². The van der Waals surface area contributed by atoms with Crippen LogP contribution in [0.15, 0.2) is 18.2 Å². The topological polar surface area (TPSA) is 60.9 Å². The molecule has 0 bridgehead atoms. The number of carbonyl (C=O) groups excluding carboxylic acids is 1. The van der Waals surface area contributed by atoms with Gasteiger partial charge in [0.25, 0.3) is 0 Å². The smallest absolute Gasteiger partial charge is 0.325 e. The second kappa shape index (κ2) is 8.16. The second-order valence-corrected chi connectivity index (χ2v) is 7.45. The fraction of sp³-hybridized carbons (Fsp3) is 0.600. The average Bonchev–Trinajstić information content (AvgIpc) is 2.65. The van der Waals surface area contributed by atoms with E-state index in [9.17, 15) is 19.1 Å². The third kappa shape index (κ3) is 4.06. The first-order valence-electron chi connectivity index (χ1n) is 9.49. The maximum absolute atomic E-state index is 13.5. The minimum Gasteiger partial charge on any atom is -0.480 e. The van der Waals surface area contributed by atoms with E-state index in [0.717, 1.165) is 25.7 Å². The van der Waals surface area contributed by atoms with E-state index in [1.165, 1.54) is 12.5 Å². The number of benzene rings is 1. The number of carbonyl (C=O) groups is 2. The van der Waals surface area contributed by atoms with Gasteiger partial charge >= 0.3 is 5.97 Å². The van der Waals surface area contributed by atoms with Gasteiger partial charge in [-0.05, 0) is 37.0 Å². The molecule has 0 spiro atoms. The molecule has 1 aliphatic heterocycles. The molecule has 0 radical (unpaired) electrons. The molecule has 1 atom stereocenters. The van der Waals surface area contributed by atoms with E-state index in [0.29, 0.717) is 37.3 Å².